The van der Waals surface area contributed by atoms with Crippen LogP contribution in [0.5, 0.6) is 0 Å². The molecule has 2 aromatic heterocycles. The van der Waals surface area contributed by atoms with Gasteiger partial charge < -0.3 is 15.3 Å². The van der Waals surface area contributed by atoms with Crippen LogP contribution in [0.1, 0.15) is 11.1 Å². The average Bonchev–Trinajstić information content (AvgIpc) is 3.21. The minimum absolute atomic E-state index is 0.0127. The van der Waals surface area contributed by atoms with Gasteiger partial charge >= 0.3 is 18.3 Å². The van der Waals surface area contributed by atoms with Crippen LogP contribution >= 0.6 is 0 Å². The van der Waals surface area contributed by atoms with Crippen molar-refractivity contribution in [1.29, 1.82) is 5.26 Å². The highest BCUT2D eigenvalue weighted by Gasteiger charge is 2.38. The Morgan fingerprint density at radius 2 is 1.68 bits per heavy atom. The second-order valence-electron chi connectivity index (χ2n) is 5.78. The summed E-state index contributed by atoms with van der Waals surface area (Å²) in [5, 5.41) is 16.4. The number of hydrogen-bond acceptors (Lipinski definition) is 5. The smallest absolute Gasteiger partial charge is 0.475 e. The van der Waals surface area contributed by atoms with Gasteiger partial charge in [-0.3, -0.25) is 0 Å². The summed E-state index contributed by atoms with van der Waals surface area (Å²) >= 11 is 0. The Morgan fingerprint density at radius 1 is 1.10 bits per heavy atom. The number of nitrogen functional groups attached to an aromatic ring is 1. The number of benzene rings is 1. The summed E-state index contributed by atoms with van der Waals surface area (Å²) in [7, 11) is 0. The predicted molar refractivity (Wildman–Crippen MR) is 95.2 cm³/mol. The number of nitrogens with two attached hydrogens (primary N) is 1. The van der Waals surface area contributed by atoms with Crippen molar-refractivity contribution < 1.29 is 40.7 Å². The molecule has 3 aromatic rings. The van der Waals surface area contributed by atoms with Crippen LogP contribution < -0.4 is 5.73 Å². The SMILES string of the molecule is N#Cc1c(-c2ccc(C(F)(F)F)cc2)cc(-c2ccco2)nc1N.O=C(O)C(F)(F)F. The minimum atomic E-state index is -5.08. The first kappa shape index (κ1) is 23.3. The maximum absolute atomic E-state index is 12.7. The van der Waals surface area contributed by atoms with E-state index in [1.807, 2.05) is 6.07 Å². The molecule has 0 aliphatic rings. The third-order valence-corrected chi connectivity index (χ3v) is 3.70. The van der Waals surface area contributed by atoms with E-state index in [9.17, 15) is 31.6 Å². The second-order valence-corrected chi connectivity index (χ2v) is 5.78. The van der Waals surface area contributed by atoms with Crippen molar-refractivity contribution in [3.63, 3.8) is 0 Å². The molecular formula is C19H11F6N3O3. The van der Waals surface area contributed by atoms with E-state index in [1.54, 1.807) is 18.2 Å². The van der Waals surface area contributed by atoms with Crippen molar-refractivity contribution in [1.82, 2.24) is 4.98 Å². The van der Waals surface area contributed by atoms with Gasteiger partial charge in [-0.2, -0.15) is 31.6 Å². The van der Waals surface area contributed by atoms with Crippen molar-refractivity contribution >= 4 is 11.8 Å². The van der Waals surface area contributed by atoms with Crippen molar-refractivity contribution in [2.24, 2.45) is 0 Å². The monoisotopic (exact) mass is 443 g/mol. The molecule has 0 atom stereocenters. The van der Waals surface area contributed by atoms with Crippen LogP contribution in [0.15, 0.2) is 53.1 Å². The van der Waals surface area contributed by atoms with Crippen molar-refractivity contribution in [3.05, 3.63) is 59.9 Å². The molecule has 12 heteroatoms. The highest BCUT2D eigenvalue weighted by Crippen LogP contribution is 2.34. The lowest BCUT2D eigenvalue weighted by molar-refractivity contribution is -0.192. The van der Waals surface area contributed by atoms with Crippen molar-refractivity contribution in [2.75, 3.05) is 5.73 Å². The first-order chi connectivity index (χ1) is 14.3. The zero-order valence-corrected chi connectivity index (χ0v) is 15.1. The number of hydrogen-bond donors (Lipinski definition) is 2. The maximum atomic E-state index is 12.7. The molecule has 0 bridgehead atoms. The lowest BCUT2D eigenvalue weighted by Gasteiger charge is -2.11. The fourth-order valence-corrected chi connectivity index (χ4v) is 2.30. The molecule has 0 amide bonds. The largest absolute Gasteiger partial charge is 0.490 e. The molecule has 31 heavy (non-hydrogen) atoms. The fourth-order valence-electron chi connectivity index (χ4n) is 2.30. The number of alkyl halides is 6. The number of anilines is 1. The van der Waals surface area contributed by atoms with Crippen molar-refractivity contribution in [3.8, 4) is 28.7 Å². The summed E-state index contributed by atoms with van der Waals surface area (Å²) in [5.41, 5.74) is 6.38. The molecule has 0 radical (unpaired) electrons. The van der Waals surface area contributed by atoms with Crippen LogP contribution in [0.3, 0.4) is 0 Å². The zero-order valence-electron chi connectivity index (χ0n) is 15.1. The normalized spacial score (nSPS) is 11.3. The quantitative estimate of drug-likeness (QED) is 0.532. The molecule has 0 fully saturated rings. The maximum Gasteiger partial charge on any atom is 0.490 e. The number of rotatable bonds is 2. The number of halogens is 6. The van der Waals surface area contributed by atoms with Gasteiger partial charge in [0, 0.05) is 5.56 Å². The van der Waals surface area contributed by atoms with Crippen LogP contribution in [-0.2, 0) is 11.0 Å². The van der Waals surface area contributed by atoms with Gasteiger partial charge in [-0.1, -0.05) is 12.1 Å². The van der Waals surface area contributed by atoms with E-state index in [4.69, 9.17) is 20.1 Å². The van der Waals surface area contributed by atoms with E-state index in [2.05, 4.69) is 4.98 Å². The first-order valence-electron chi connectivity index (χ1n) is 8.07. The number of nitrogens with zero attached hydrogens (tertiary/aromatic N) is 2. The summed E-state index contributed by atoms with van der Waals surface area (Å²) in [6.07, 6.45) is -8.05. The number of aliphatic carboxylic acids is 1. The van der Waals surface area contributed by atoms with E-state index >= 15 is 0 Å². The summed E-state index contributed by atoms with van der Waals surface area (Å²) in [5.74, 6) is -2.33. The number of carbonyl (C=O) groups is 1. The topological polar surface area (TPSA) is 113 Å². The molecule has 0 saturated heterocycles. The van der Waals surface area contributed by atoms with Crippen LogP contribution in [-0.4, -0.2) is 22.2 Å². The summed E-state index contributed by atoms with van der Waals surface area (Å²) in [4.78, 5) is 13.0. The van der Waals surface area contributed by atoms with Crippen LogP contribution in [0.25, 0.3) is 22.6 Å². The molecule has 0 aliphatic heterocycles. The summed E-state index contributed by atoms with van der Waals surface area (Å²) in [6, 6.07) is 11.4. The van der Waals surface area contributed by atoms with Gasteiger partial charge in [-0.05, 0) is 35.9 Å². The average molecular weight is 443 g/mol. The molecule has 3 rings (SSSR count). The lowest BCUT2D eigenvalue weighted by atomic mass is 9.98. The van der Waals surface area contributed by atoms with E-state index < -0.39 is 23.9 Å². The third kappa shape index (κ3) is 5.75. The second kappa shape index (κ2) is 8.78. The highest BCUT2D eigenvalue weighted by molar-refractivity contribution is 5.79. The van der Waals surface area contributed by atoms with Gasteiger partial charge in [0.05, 0.1) is 11.8 Å². The highest BCUT2D eigenvalue weighted by atomic mass is 19.4. The standard InChI is InChI=1S/C17H10F3N3O.C2HF3O2/c18-17(19,20)11-5-3-10(4-6-11)12-8-14(15-2-1-7-24-15)23-16(22)13(12)9-21;3-2(4,5)1(6)7/h1-8H,(H2,22,23);(H,6,7). The lowest BCUT2D eigenvalue weighted by Crippen LogP contribution is -2.21. The molecule has 2 heterocycles. The van der Waals surface area contributed by atoms with Gasteiger partial charge in [-0.15, -0.1) is 0 Å². The van der Waals surface area contributed by atoms with E-state index in [-0.39, 0.29) is 11.4 Å². The molecule has 162 valence electrons. The van der Waals surface area contributed by atoms with E-state index in [1.165, 1.54) is 18.4 Å². The molecule has 1 aromatic carbocycles. The fraction of sp³-hybridized carbons (Fsp3) is 0.105. The third-order valence-electron chi connectivity index (χ3n) is 3.70. The predicted octanol–water partition coefficient (Wildman–Crippen LogP) is 5.11. The minimum Gasteiger partial charge on any atom is -0.475 e. The summed E-state index contributed by atoms with van der Waals surface area (Å²) < 4.78 is 75.0. The van der Waals surface area contributed by atoms with Gasteiger partial charge in [0.2, 0.25) is 0 Å². The Kier molecular flexibility index (Phi) is 6.59. The van der Waals surface area contributed by atoms with Gasteiger partial charge in [-0.25, -0.2) is 9.78 Å². The molecule has 3 N–H and O–H groups in total. The van der Waals surface area contributed by atoms with Gasteiger partial charge in [0.1, 0.15) is 23.1 Å². The Labute approximate surface area is 170 Å². The first-order valence-corrected chi connectivity index (χ1v) is 8.07. The molecule has 6 nitrogen and oxygen atoms in total. The van der Waals surface area contributed by atoms with Gasteiger partial charge in [0.15, 0.2) is 5.76 Å². The molecule has 0 saturated carbocycles. The van der Waals surface area contributed by atoms with E-state index in [0.29, 0.717) is 22.6 Å². The molecule has 0 unspecified atom stereocenters. The Morgan fingerprint density at radius 3 is 2.10 bits per heavy atom. The number of carboxylic acid groups (broad SMARTS) is 1. The van der Waals surface area contributed by atoms with Crippen molar-refractivity contribution in [2.45, 2.75) is 12.4 Å². The number of pyridine rings is 1. The summed E-state index contributed by atoms with van der Waals surface area (Å²) in [6.45, 7) is 0. The van der Waals surface area contributed by atoms with E-state index in [0.717, 1.165) is 12.1 Å². The van der Waals surface area contributed by atoms with Crippen LogP contribution in [0.2, 0.25) is 0 Å². The van der Waals surface area contributed by atoms with Gasteiger partial charge in [0.25, 0.3) is 0 Å². The van der Waals surface area contributed by atoms with Crippen LogP contribution in [0.4, 0.5) is 32.2 Å². The number of furan rings is 1. The molecule has 0 spiro atoms. The van der Waals surface area contributed by atoms with Crippen LogP contribution in [0, 0.1) is 11.3 Å². The molecule has 0 aliphatic carbocycles. The number of aromatic nitrogens is 1. The Balaban J connectivity index is 0.000000423. The number of nitriles is 1. The molecular weight excluding hydrogens is 432 g/mol. The Hall–Kier alpha value is -4.01. The number of carboxylic acids is 1. The zero-order chi connectivity index (χ0) is 23.4. The Bertz CT molecular complexity index is 1100.